The SMILES string of the molecule is COc1n[nH]c(NC(=O)CN2C(=O)CN(C)C2=O)n1. The van der Waals surface area contributed by atoms with Crippen LogP contribution in [0.5, 0.6) is 6.01 Å². The summed E-state index contributed by atoms with van der Waals surface area (Å²) >= 11 is 0. The van der Waals surface area contributed by atoms with Gasteiger partial charge >= 0.3 is 12.0 Å². The second-order valence-corrected chi connectivity index (χ2v) is 3.84. The number of likely N-dealkylation sites (N-methyl/N-ethyl adjacent to an activating group) is 1. The zero-order valence-electron chi connectivity index (χ0n) is 10.3. The normalized spacial score (nSPS) is 15.1. The number of aromatic nitrogens is 3. The first-order valence-corrected chi connectivity index (χ1v) is 5.33. The first kappa shape index (κ1) is 12.8. The summed E-state index contributed by atoms with van der Waals surface area (Å²) in [4.78, 5) is 40.5. The molecular formula is C9H12N6O4. The Morgan fingerprint density at radius 2 is 2.26 bits per heavy atom. The highest BCUT2D eigenvalue weighted by molar-refractivity contribution is 6.05. The van der Waals surface area contributed by atoms with Gasteiger partial charge in [-0.1, -0.05) is 0 Å². The quantitative estimate of drug-likeness (QED) is 0.651. The van der Waals surface area contributed by atoms with Gasteiger partial charge in [-0.3, -0.25) is 19.8 Å². The number of urea groups is 1. The van der Waals surface area contributed by atoms with E-state index in [4.69, 9.17) is 4.74 Å². The van der Waals surface area contributed by atoms with Gasteiger partial charge in [0, 0.05) is 7.05 Å². The molecule has 1 aromatic rings. The molecule has 1 aliphatic rings. The lowest BCUT2D eigenvalue weighted by molar-refractivity contribution is -0.129. The van der Waals surface area contributed by atoms with Gasteiger partial charge in [0.05, 0.1) is 7.11 Å². The first-order chi connectivity index (χ1) is 9.01. The molecule has 0 spiro atoms. The molecule has 1 aromatic heterocycles. The zero-order chi connectivity index (χ0) is 14.0. The monoisotopic (exact) mass is 268 g/mol. The Kier molecular flexibility index (Phi) is 3.31. The van der Waals surface area contributed by atoms with Crippen molar-refractivity contribution in [1.29, 1.82) is 0 Å². The molecule has 0 atom stereocenters. The van der Waals surface area contributed by atoms with Crippen LogP contribution in [0.1, 0.15) is 0 Å². The number of aromatic amines is 1. The number of ether oxygens (including phenoxy) is 1. The molecule has 10 heteroatoms. The fourth-order valence-corrected chi connectivity index (χ4v) is 1.53. The van der Waals surface area contributed by atoms with E-state index in [0.717, 1.165) is 4.90 Å². The van der Waals surface area contributed by atoms with Gasteiger partial charge in [-0.05, 0) is 0 Å². The molecule has 4 amide bonds. The predicted octanol–water partition coefficient (Wildman–Crippen LogP) is -1.35. The summed E-state index contributed by atoms with van der Waals surface area (Å²) in [5.41, 5.74) is 0. The number of hydrogen-bond donors (Lipinski definition) is 2. The minimum atomic E-state index is -0.559. The van der Waals surface area contributed by atoms with Crippen LogP contribution in [0, 0.1) is 0 Å². The van der Waals surface area contributed by atoms with E-state index in [2.05, 4.69) is 20.5 Å². The van der Waals surface area contributed by atoms with E-state index in [1.165, 1.54) is 19.1 Å². The van der Waals surface area contributed by atoms with Gasteiger partial charge in [-0.2, -0.15) is 4.98 Å². The summed E-state index contributed by atoms with van der Waals surface area (Å²) in [6.07, 6.45) is 0. The highest BCUT2D eigenvalue weighted by atomic mass is 16.5. The molecule has 2 N–H and O–H groups in total. The average Bonchev–Trinajstić information content (AvgIpc) is 2.90. The van der Waals surface area contributed by atoms with Crippen LogP contribution >= 0.6 is 0 Å². The van der Waals surface area contributed by atoms with Crippen LogP contribution in [0.2, 0.25) is 0 Å². The van der Waals surface area contributed by atoms with Crippen LogP contribution < -0.4 is 10.1 Å². The van der Waals surface area contributed by atoms with Crippen molar-refractivity contribution in [2.24, 2.45) is 0 Å². The second kappa shape index (κ2) is 4.92. The van der Waals surface area contributed by atoms with Crippen LogP contribution in [-0.2, 0) is 9.59 Å². The number of carbonyl (C=O) groups excluding carboxylic acids is 3. The van der Waals surface area contributed by atoms with Crippen molar-refractivity contribution in [3.05, 3.63) is 0 Å². The minimum Gasteiger partial charge on any atom is -0.466 e. The van der Waals surface area contributed by atoms with Crippen molar-refractivity contribution >= 4 is 23.8 Å². The highest BCUT2D eigenvalue weighted by Gasteiger charge is 2.34. The molecular weight excluding hydrogens is 256 g/mol. The molecule has 0 radical (unpaired) electrons. The smallest absolute Gasteiger partial charge is 0.336 e. The molecule has 1 aliphatic heterocycles. The van der Waals surface area contributed by atoms with Crippen LogP contribution in [-0.4, -0.2) is 70.1 Å². The summed E-state index contributed by atoms with van der Waals surface area (Å²) < 4.78 is 4.73. The van der Waals surface area contributed by atoms with E-state index in [9.17, 15) is 14.4 Å². The van der Waals surface area contributed by atoms with Crippen molar-refractivity contribution in [2.45, 2.75) is 0 Å². The van der Waals surface area contributed by atoms with Gasteiger partial charge in [-0.25, -0.2) is 9.89 Å². The van der Waals surface area contributed by atoms with E-state index in [1.54, 1.807) is 0 Å². The molecule has 2 heterocycles. The second-order valence-electron chi connectivity index (χ2n) is 3.84. The largest absolute Gasteiger partial charge is 0.466 e. The van der Waals surface area contributed by atoms with E-state index < -0.39 is 17.8 Å². The molecule has 1 saturated heterocycles. The van der Waals surface area contributed by atoms with Gasteiger partial charge in [0.1, 0.15) is 13.1 Å². The third-order valence-corrected chi connectivity index (χ3v) is 2.44. The standard InChI is InChI=1S/C9H12N6O4/c1-14-4-6(17)15(9(14)18)3-5(16)10-7-11-8(19-2)13-12-7/h3-4H2,1-2H3,(H2,10,11,12,13,16). The Balaban J connectivity index is 1.94. The van der Waals surface area contributed by atoms with Gasteiger partial charge in [0.2, 0.25) is 11.9 Å². The van der Waals surface area contributed by atoms with Crippen LogP contribution in [0.4, 0.5) is 10.7 Å². The number of amides is 4. The molecule has 1 fully saturated rings. The Hall–Kier alpha value is -2.65. The summed E-state index contributed by atoms with van der Waals surface area (Å²) in [5, 5.41) is 8.43. The maximum atomic E-state index is 11.7. The number of rotatable bonds is 4. The Bertz CT molecular complexity index is 527. The van der Waals surface area contributed by atoms with Crippen molar-refractivity contribution < 1.29 is 19.1 Å². The lowest BCUT2D eigenvalue weighted by Crippen LogP contribution is -2.38. The van der Waals surface area contributed by atoms with E-state index in [0.29, 0.717) is 0 Å². The Morgan fingerprint density at radius 3 is 2.79 bits per heavy atom. The number of hydrogen-bond acceptors (Lipinski definition) is 6. The maximum Gasteiger partial charge on any atom is 0.336 e. The number of nitrogens with one attached hydrogen (secondary N) is 2. The molecule has 0 aromatic carbocycles. The third kappa shape index (κ3) is 2.61. The number of methoxy groups -OCH3 is 1. The minimum absolute atomic E-state index is 0.0256. The number of imide groups is 1. The molecule has 10 nitrogen and oxygen atoms in total. The highest BCUT2D eigenvalue weighted by Crippen LogP contribution is 2.08. The summed E-state index contributed by atoms with van der Waals surface area (Å²) in [5.74, 6) is -0.900. The maximum absolute atomic E-state index is 11.7. The van der Waals surface area contributed by atoms with E-state index in [-0.39, 0.29) is 25.0 Å². The van der Waals surface area contributed by atoms with E-state index in [1.807, 2.05) is 0 Å². The van der Waals surface area contributed by atoms with Crippen LogP contribution in [0.15, 0.2) is 0 Å². The number of anilines is 1. The number of nitrogens with zero attached hydrogens (tertiary/aromatic N) is 4. The van der Waals surface area contributed by atoms with Gasteiger partial charge in [0.15, 0.2) is 0 Å². The first-order valence-electron chi connectivity index (χ1n) is 5.33. The molecule has 19 heavy (non-hydrogen) atoms. The van der Waals surface area contributed by atoms with Crippen LogP contribution in [0.25, 0.3) is 0 Å². The molecule has 0 aliphatic carbocycles. The predicted molar refractivity (Wildman–Crippen MR) is 61.3 cm³/mol. The molecule has 0 unspecified atom stereocenters. The van der Waals surface area contributed by atoms with Crippen LogP contribution in [0.3, 0.4) is 0 Å². The van der Waals surface area contributed by atoms with Gasteiger partial charge < -0.3 is 9.64 Å². The summed E-state index contributed by atoms with van der Waals surface area (Å²) in [7, 11) is 2.87. The van der Waals surface area contributed by atoms with Crippen molar-refractivity contribution in [3.63, 3.8) is 0 Å². The number of H-pyrrole nitrogens is 1. The summed E-state index contributed by atoms with van der Waals surface area (Å²) in [6.45, 7) is -0.396. The van der Waals surface area contributed by atoms with Gasteiger partial charge in [0.25, 0.3) is 5.91 Å². The lowest BCUT2D eigenvalue weighted by Gasteiger charge is -2.12. The topological polar surface area (TPSA) is 121 Å². The van der Waals surface area contributed by atoms with Crippen molar-refractivity contribution in [1.82, 2.24) is 25.0 Å². The van der Waals surface area contributed by atoms with Crippen molar-refractivity contribution in [2.75, 3.05) is 32.6 Å². The Labute approximate surface area is 107 Å². The van der Waals surface area contributed by atoms with E-state index >= 15 is 0 Å². The summed E-state index contributed by atoms with van der Waals surface area (Å²) in [6, 6.07) is -0.432. The molecule has 2 rings (SSSR count). The fraction of sp³-hybridized carbons (Fsp3) is 0.444. The average molecular weight is 268 g/mol. The molecule has 102 valence electrons. The third-order valence-electron chi connectivity index (χ3n) is 2.44. The molecule has 0 saturated carbocycles. The zero-order valence-corrected chi connectivity index (χ0v) is 10.3. The Morgan fingerprint density at radius 1 is 1.53 bits per heavy atom. The molecule has 0 bridgehead atoms. The van der Waals surface area contributed by atoms with Crippen molar-refractivity contribution in [3.8, 4) is 6.01 Å². The fourth-order valence-electron chi connectivity index (χ4n) is 1.53. The van der Waals surface area contributed by atoms with Gasteiger partial charge in [-0.15, -0.1) is 5.10 Å². The number of carbonyl (C=O) groups is 3. The lowest BCUT2D eigenvalue weighted by atomic mass is 10.5.